The van der Waals surface area contributed by atoms with Crippen LogP contribution < -0.4 is 0 Å². The van der Waals surface area contributed by atoms with Crippen LogP contribution in [-0.4, -0.2) is 70.5 Å². The van der Waals surface area contributed by atoms with Crippen molar-refractivity contribution in [2.24, 2.45) is 0 Å². The van der Waals surface area contributed by atoms with Crippen LogP contribution in [0, 0.1) is 0 Å². The first kappa shape index (κ1) is 21.1. The van der Waals surface area contributed by atoms with Crippen LogP contribution in [0.1, 0.15) is 25.7 Å². The van der Waals surface area contributed by atoms with Gasteiger partial charge in [-0.25, -0.2) is 0 Å². The molecule has 0 aromatic rings. The molecule has 0 saturated heterocycles. The van der Waals surface area contributed by atoms with Gasteiger partial charge in [-0.1, -0.05) is 0 Å². The zero-order valence-corrected chi connectivity index (χ0v) is 12.2. The number of rotatable bonds is 6. The summed E-state index contributed by atoms with van der Waals surface area (Å²) in [5.74, 6) is -4.31. The van der Waals surface area contributed by atoms with Crippen LogP contribution in [0.2, 0.25) is 0 Å². The number of aliphatic carboxylic acids is 4. The predicted octanol–water partition coefficient (Wildman–Crippen LogP) is -0.509. The maximum atomic E-state index is 9.64. The molecule has 0 heterocycles. The summed E-state index contributed by atoms with van der Waals surface area (Å²) in [7, 11) is 0. The molecule has 0 fully saturated rings. The van der Waals surface area contributed by atoms with Crippen molar-refractivity contribution in [2.75, 3.05) is 0 Å². The second kappa shape index (κ2) is 12.8. The van der Waals surface area contributed by atoms with E-state index in [0.717, 1.165) is 0 Å². The summed E-state index contributed by atoms with van der Waals surface area (Å²) < 4.78 is 0. The molecule has 0 atom stereocenters. The summed E-state index contributed by atoms with van der Waals surface area (Å²) in [6.45, 7) is 0. The minimum atomic E-state index is -1.08. The van der Waals surface area contributed by atoms with Gasteiger partial charge in [0, 0.05) is 26.2 Å². The van der Waals surface area contributed by atoms with Gasteiger partial charge in [0.1, 0.15) is 0 Å². The van der Waals surface area contributed by atoms with E-state index in [9.17, 15) is 19.2 Å². The second-order valence-corrected chi connectivity index (χ2v) is 2.57. The van der Waals surface area contributed by atoms with Crippen molar-refractivity contribution in [3.05, 3.63) is 0 Å². The summed E-state index contributed by atoms with van der Waals surface area (Å²) in [5.41, 5.74) is 0. The molecule has 0 bridgehead atoms. The molecule has 0 aliphatic rings. The van der Waals surface area contributed by atoms with Gasteiger partial charge in [-0.05, 0) is 0 Å². The predicted molar refractivity (Wildman–Crippen MR) is 54.8 cm³/mol. The number of hydrogen-bond acceptors (Lipinski definition) is 4. The van der Waals surface area contributed by atoms with Crippen LogP contribution in [0.25, 0.3) is 0 Å². The molecule has 0 unspecified atom stereocenters. The standard InChI is InChI=1S/2C4H6O4.Bi/c2*5-3(6)1-2-4(7)8;/h2*1-2H2,(H,5,6)(H,7,8);. The maximum Gasteiger partial charge on any atom is 0.303 e. The van der Waals surface area contributed by atoms with Gasteiger partial charge in [-0.3, -0.25) is 19.2 Å². The van der Waals surface area contributed by atoms with E-state index in [4.69, 9.17) is 20.4 Å². The smallest absolute Gasteiger partial charge is 0.303 e. The molecule has 0 saturated carbocycles. The van der Waals surface area contributed by atoms with Crippen molar-refractivity contribution in [2.45, 2.75) is 25.7 Å². The van der Waals surface area contributed by atoms with Crippen molar-refractivity contribution in [3.63, 3.8) is 0 Å². The summed E-state index contributed by atoms with van der Waals surface area (Å²) in [6.07, 6.45) is -1.19. The summed E-state index contributed by atoms with van der Waals surface area (Å²) in [6, 6.07) is 0. The van der Waals surface area contributed by atoms with Crippen molar-refractivity contribution < 1.29 is 39.6 Å². The minimum Gasteiger partial charge on any atom is -0.481 e. The van der Waals surface area contributed by atoms with Crippen molar-refractivity contribution in [3.8, 4) is 0 Å². The van der Waals surface area contributed by atoms with E-state index in [-0.39, 0.29) is 51.9 Å². The van der Waals surface area contributed by atoms with Crippen molar-refractivity contribution >= 4 is 50.1 Å². The van der Waals surface area contributed by atoms with Crippen LogP contribution in [0.5, 0.6) is 0 Å². The molecule has 17 heavy (non-hydrogen) atoms. The average molecular weight is 445 g/mol. The van der Waals surface area contributed by atoms with Gasteiger partial charge < -0.3 is 20.4 Å². The Hall–Kier alpha value is -1.24. The Balaban J connectivity index is -0.000000218. The fourth-order valence-corrected chi connectivity index (χ4v) is 0.428. The summed E-state index contributed by atoms with van der Waals surface area (Å²) in [4.78, 5) is 38.6. The molecule has 0 spiro atoms. The average Bonchev–Trinajstić information content (AvgIpc) is 2.12. The number of hydrogen-bond donors (Lipinski definition) is 4. The molecular weight excluding hydrogens is 433 g/mol. The molecule has 9 heteroatoms. The molecule has 0 amide bonds. The first-order chi connectivity index (χ1) is 7.25. The van der Waals surface area contributed by atoms with Crippen LogP contribution in [0.3, 0.4) is 0 Å². The fraction of sp³-hybridized carbons (Fsp3) is 0.500. The topological polar surface area (TPSA) is 149 Å². The Morgan fingerprint density at radius 2 is 0.647 bits per heavy atom. The van der Waals surface area contributed by atoms with E-state index in [2.05, 4.69) is 0 Å². The van der Waals surface area contributed by atoms with Crippen LogP contribution in [-0.2, 0) is 19.2 Å². The van der Waals surface area contributed by atoms with E-state index in [0.29, 0.717) is 0 Å². The molecule has 0 aromatic heterocycles. The quantitative estimate of drug-likeness (QED) is 0.400. The third-order valence-electron chi connectivity index (χ3n) is 1.11. The Morgan fingerprint density at radius 1 is 0.529 bits per heavy atom. The molecule has 97 valence electrons. The van der Waals surface area contributed by atoms with Crippen LogP contribution >= 0.6 is 0 Å². The second-order valence-electron chi connectivity index (χ2n) is 2.57. The summed E-state index contributed by atoms with van der Waals surface area (Å²) in [5, 5.41) is 31.6. The number of carboxylic acids is 4. The molecule has 0 rings (SSSR count). The van der Waals surface area contributed by atoms with Gasteiger partial charge in [-0.15, -0.1) is 0 Å². The molecule has 0 aromatic carbocycles. The van der Waals surface area contributed by atoms with Gasteiger partial charge in [0.25, 0.3) is 0 Å². The fourth-order valence-electron chi connectivity index (χ4n) is 0.428. The van der Waals surface area contributed by atoms with Gasteiger partial charge in [0.15, 0.2) is 0 Å². The van der Waals surface area contributed by atoms with Crippen LogP contribution in [0.4, 0.5) is 0 Å². The Bertz CT molecular complexity index is 219. The molecule has 0 aliphatic heterocycles. The number of carboxylic acid groups (broad SMARTS) is 4. The van der Waals surface area contributed by atoms with Crippen LogP contribution in [0.15, 0.2) is 0 Å². The molecule has 4 N–H and O–H groups in total. The third kappa shape index (κ3) is 31.3. The third-order valence-corrected chi connectivity index (χ3v) is 1.11. The van der Waals surface area contributed by atoms with E-state index < -0.39 is 23.9 Å². The Labute approximate surface area is 115 Å². The first-order valence-electron chi connectivity index (χ1n) is 4.13. The van der Waals surface area contributed by atoms with Gasteiger partial charge >= 0.3 is 23.9 Å². The monoisotopic (exact) mass is 445 g/mol. The van der Waals surface area contributed by atoms with E-state index in [1.807, 2.05) is 0 Å². The van der Waals surface area contributed by atoms with Gasteiger partial charge in [0.05, 0.1) is 25.7 Å². The SMILES string of the molecule is O=C(O)CCC(=O)O.O=C(O)CCC(=O)O.[Bi]. The normalized spacial score (nSPS) is 8.00. The van der Waals surface area contributed by atoms with Gasteiger partial charge in [0.2, 0.25) is 0 Å². The molecule has 3 radical (unpaired) electrons. The minimum absolute atomic E-state index is 0. The maximum absolute atomic E-state index is 9.64. The zero-order valence-electron chi connectivity index (χ0n) is 8.70. The van der Waals surface area contributed by atoms with E-state index in [1.165, 1.54) is 0 Å². The Kier molecular flexibility index (Phi) is 15.9. The Morgan fingerprint density at radius 3 is 0.706 bits per heavy atom. The first-order valence-corrected chi connectivity index (χ1v) is 4.13. The largest absolute Gasteiger partial charge is 0.481 e. The van der Waals surface area contributed by atoms with E-state index in [1.54, 1.807) is 0 Å². The van der Waals surface area contributed by atoms with Crippen molar-refractivity contribution in [1.82, 2.24) is 0 Å². The van der Waals surface area contributed by atoms with Gasteiger partial charge in [-0.2, -0.15) is 0 Å². The molecular formula is C8H12BiO8. The zero-order chi connectivity index (χ0) is 13.1. The van der Waals surface area contributed by atoms with E-state index >= 15 is 0 Å². The summed E-state index contributed by atoms with van der Waals surface area (Å²) >= 11 is 0. The van der Waals surface area contributed by atoms with Crippen molar-refractivity contribution in [1.29, 1.82) is 0 Å². The number of carbonyl (C=O) groups is 4. The molecule has 0 aliphatic carbocycles. The molecule has 8 nitrogen and oxygen atoms in total.